The molecule has 0 unspecified atom stereocenters. The van der Waals surface area contributed by atoms with Crippen molar-refractivity contribution in [2.24, 2.45) is 50.7 Å². The predicted molar refractivity (Wildman–Crippen MR) is 254 cm³/mol. The average Bonchev–Trinajstić information content (AvgIpc) is 2.92. The topological polar surface area (TPSA) is 13.0 Å². The summed E-state index contributed by atoms with van der Waals surface area (Å²) < 4.78 is 0. The Kier molecular flexibility index (Phi) is 24.6. The first-order valence-electron chi connectivity index (χ1n) is 24.4. The summed E-state index contributed by atoms with van der Waals surface area (Å²) in [6.07, 6.45) is 21.4. The van der Waals surface area contributed by atoms with E-state index in [0.717, 1.165) is 23.7 Å². The number of hydrogen-bond acceptors (Lipinski definition) is 4. The van der Waals surface area contributed by atoms with Gasteiger partial charge in [0.15, 0.2) is 0 Å². The molecule has 4 heterocycles. The number of rotatable bonds is 13. The van der Waals surface area contributed by atoms with E-state index in [-0.39, 0.29) is 0 Å². The van der Waals surface area contributed by atoms with Gasteiger partial charge < -0.3 is 19.6 Å². The number of hydrogen-bond donors (Lipinski definition) is 0. The maximum atomic E-state index is 2.56. The van der Waals surface area contributed by atoms with Gasteiger partial charge in [0.1, 0.15) is 0 Å². The van der Waals surface area contributed by atoms with Gasteiger partial charge in [0.25, 0.3) is 0 Å². The Labute approximate surface area is 355 Å². The Bertz CT molecular complexity index is 907. The Morgan fingerprint density at radius 3 is 0.982 bits per heavy atom. The molecule has 1 saturated carbocycles. The first-order valence-corrected chi connectivity index (χ1v) is 24.4. The van der Waals surface area contributed by atoms with Gasteiger partial charge in [-0.2, -0.15) is 0 Å². The van der Waals surface area contributed by atoms with Crippen LogP contribution >= 0.6 is 0 Å². The molecule has 0 N–H and O–H groups in total. The van der Waals surface area contributed by atoms with E-state index >= 15 is 0 Å². The molecular formula is C52H108N4. The molecule has 0 atom stereocenters. The van der Waals surface area contributed by atoms with Gasteiger partial charge in [-0.05, 0) is 162 Å². The molecule has 4 heteroatoms. The van der Waals surface area contributed by atoms with Gasteiger partial charge in [-0.3, -0.25) is 0 Å². The fourth-order valence-corrected chi connectivity index (χ4v) is 8.06. The van der Waals surface area contributed by atoms with Crippen molar-refractivity contribution in [3.63, 3.8) is 0 Å². The van der Waals surface area contributed by atoms with Gasteiger partial charge in [0.05, 0.1) is 0 Å². The molecule has 4 nitrogen and oxygen atoms in total. The molecule has 0 amide bonds. The summed E-state index contributed by atoms with van der Waals surface area (Å²) in [7, 11) is 4.40. The molecular weight excluding hydrogens is 681 g/mol. The van der Waals surface area contributed by atoms with Gasteiger partial charge in [0, 0.05) is 39.3 Å². The molecule has 336 valence electrons. The Hall–Kier alpha value is -0.160. The number of likely N-dealkylation sites (tertiary alicyclic amines) is 4. The van der Waals surface area contributed by atoms with Crippen LogP contribution in [0.3, 0.4) is 0 Å². The minimum absolute atomic E-state index is 0.534. The van der Waals surface area contributed by atoms with E-state index in [1.807, 2.05) is 0 Å². The van der Waals surface area contributed by atoms with Gasteiger partial charge >= 0.3 is 0 Å². The quantitative estimate of drug-likeness (QED) is 0.172. The summed E-state index contributed by atoms with van der Waals surface area (Å²) >= 11 is 0. The zero-order valence-corrected chi connectivity index (χ0v) is 42.3. The Morgan fingerprint density at radius 2 is 0.732 bits per heavy atom. The van der Waals surface area contributed by atoms with Gasteiger partial charge in [-0.25, -0.2) is 0 Å². The molecule has 4 aliphatic heterocycles. The SMILES string of the molecule is CC(C)(C)CCC1CCC1.CC(C)(C)CCCCN1CCC1.CCN1CC(CCC(C)(C)C)C1.CN1CC(CCC(C)(C)C)C1.CN1CC(CCC(C)(C)C)C1. The lowest BCUT2D eigenvalue weighted by Crippen LogP contribution is -2.46. The highest BCUT2D eigenvalue weighted by molar-refractivity contribution is 4.81. The van der Waals surface area contributed by atoms with Gasteiger partial charge in [0.2, 0.25) is 0 Å². The number of unbranched alkanes of at least 4 members (excludes halogenated alkanes) is 1. The van der Waals surface area contributed by atoms with Gasteiger partial charge in [-0.15, -0.1) is 0 Å². The van der Waals surface area contributed by atoms with E-state index in [9.17, 15) is 0 Å². The van der Waals surface area contributed by atoms with E-state index in [1.165, 1.54) is 162 Å². The van der Waals surface area contributed by atoms with Gasteiger partial charge in [-0.1, -0.05) is 136 Å². The van der Waals surface area contributed by atoms with Crippen LogP contribution in [0.15, 0.2) is 0 Å². The fraction of sp³-hybridized carbons (Fsp3) is 1.00. The smallest absolute Gasteiger partial charge is 0.00219 e. The third-order valence-corrected chi connectivity index (χ3v) is 12.8. The van der Waals surface area contributed by atoms with Crippen molar-refractivity contribution in [1.29, 1.82) is 0 Å². The third-order valence-electron chi connectivity index (χ3n) is 12.8. The zero-order chi connectivity index (χ0) is 42.8. The van der Waals surface area contributed by atoms with Crippen molar-refractivity contribution in [1.82, 2.24) is 19.6 Å². The lowest BCUT2D eigenvalue weighted by Gasteiger charge is -2.39. The van der Waals surface area contributed by atoms with Crippen molar-refractivity contribution in [2.45, 2.75) is 207 Å². The standard InChI is InChI=1S/2C11H23N.2C10H21N.C10H20/c1-11(2,3)7-4-5-8-12-9-6-10-12;1-5-12-8-10(9-12)6-7-11(2,3)4;2*1-10(2,3)6-5-9-7-11(4)8-9;1-10(2,3)8-7-9-5-4-6-9/h4-10H2,1-3H3;10H,5-9H2,1-4H3;2*9H,5-8H2,1-4H3;9H,4-8H2,1-3H3. The molecule has 0 radical (unpaired) electrons. The summed E-state index contributed by atoms with van der Waals surface area (Å²) in [5, 5.41) is 0. The van der Waals surface area contributed by atoms with E-state index in [0.29, 0.717) is 27.1 Å². The molecule has 0 aromatic carbocycles. The van der Waals surface area contributed by atoms with Crippen LogP contribution in [0, 0.1) is 50.7 Å². The first kappa shape index (κ1) is 53.9. The molecule has 5 aliphatic rings. The summed E-state index contributed by atoms with van der Waals surface area (Å²) in [6, 6.07) is 0. The molecule has 1 aliphatic carbocycles. The van der Waals surface area contributed by atoms with Crippen LogP contribution in [0.1, 0.15) is 207 Å². The van der Waals surface area contributed by atoms with Crippen molar-refractivity contribution in [2.75, 3.05) is 79.5 Å². The highest BCUT2D eigenvalue weighted by Gasteiger charge is 2.27. The first-order chi connectivity index (χ1) is 25.6. The maximum absolute atomic E-state index is 2.56. The van der Waals surface area contributed by atoms with Crippen LogP contribution in [0.2, 0.25) is 0 Å². The van der Waals surface area contributed by atoms with E-state index < -0.39 is 0 Å². The van der Waals surface area contributed by atoms with Crippen LogP contribution in [-0.2, 0) is 0 Å². The number of nitrogens with zero attached hydrogens (tertiary/aromatic N) is 4. The third kappa shape index (κ3) is 30.8. The molecule has 5 fully saturated rings. The minimum Gasteiger partial charge on any atom is -0.306 e. The summed E-state index contributed by atoms with van der Waals surface area (Å²) in [5.41, 5.74) is 2.71. The second-order valence-electron chi connectivity index (χ2n) is 25.8. The fourth-order valence-electron chi connectivity index (χ4n) is 8.06. The monoisotopic (exact) mass is 789 g/mol. The van der Waals surface area contributed by atoms with Crippen molar-refractivity contribution < 1.29 is 0 Å². The Balaban J connectivity index is 0.000000350. The largest absolute Gasteiger partial charge is 0.306 e. The summed E-state index contributed by atoms with van der Waals surface area (Å²) in [6.45, 7) is 50.6. The van der Waals surface area contributed by atoms with Crippen LogP contribution in [0.5, 0.6) is 0 Å². The molecule has 56 heavy (non-hydrogen) atoms. The molecule has 0 aromatic heterocycles. The van der Waals surface area contributed by atoms with Crippen molar-refractivity contribution in [3.05, 3.63) is 0 Å². The molecule has 0 spiro atoms. The van der Waals surface area contributed by atoms with Crippen LogP contribution in [0.4, 0.5) is 0 Å². The molecule has 0 bridgehead atoms. The van der Waals surface area contributed by atoms with Crippen molar-refractivity contribution in [3.8, 4) is 0 Å². The molecule has 4 saturated heterocycles. The van der Waals surface area contributed by atoms with E-state index in [1.54, 1.807) is 0 Å². The maximum Gasteiger partial charge on any atom is 0.00219 e. The zero-order valence-electron chi connectivity index (χ0n) is 42.3. The molecule has 5 rings (SSSR count). The van der Waals surface area contributed by atoms with Crippen LogP contribution < -0.4 is 0 Å². The lowest BCUT2D eigenvalue weighted by molar-refractivity contribution is 0.0913. The average molecular weight is 789 g/mol. The predicted octanol–water partition coefficient (Wildman–Crippen LogP) is 14.0. The summed E-state index contributed by atoms with van der Waals surface area (Å²) in [4.78, 5) is 9.87. The highest BCUT2D eigenvalue weighted by atomic mass is 15.2. The van der Waals surface area contributed by atoms with E-state index in [2.05, 4.69) is 144 Å². The highest BCUT2D eigenvalue weighted by Crippen LogP contribution is 2.34. The lowest BCUT2D eigenvalue weighted by atomic mass is 9.78. The second-order valence-corrected chi connectivity index (χ2v) is 25.8. The van der Waals surface area contributed by atoms with Crippen molar-refractivity contribution >= 4 is 0 Å². The van der Waals surface area contributed by atoms with Crippen LogP contribution in [-0.4, -0.2) is 99.1 Å². The minimum atomic E-state index is 0.534. The normalized spacial score (nSPS) is 20.9. The second kappa shape index (κ2) is 25.6. The van der Waals surface area contributed by atoms with Crippen LogP contribution in [0.25, 0.3) is 0 Å². The molecule has 0 aromatic rings. The summed E-state index contributed by atoms with van der Waals surface area (Å²) in [5.74, 6) is 4.10. The Morgan fingerprint density at radius 1 is 0.393 bits per heavy atom. The van der Waals surface area contributed by atoms with E-state index in [4.69, 9.17) is 0 Å².